The highest BCUT2D eigenvalue weighted by atomic mass is 16.5. The lowest BCUT2D eigenvalue weighted by molar-refractivity contribution is -0.133. The van der Waals surface area contributed by atoms with Gasteiger partial charge in [-0.25, -0.2) is 0 Å². The molecule has 0 bridgehead atoms. The Labute approximate surface area is 212 Å². The van der Waals surface area contributed by atoms with E-state index in [1.165, 1.54) is 20.8 Å². The van der Waals surface area contributed by atoms with Gasteiger partial charge >= 0.3 is 17.9 Å². The molecule has 0 heterocycles. The standard InChI is InChI=1S/C30H32O6/c1-6-30(5,19-25-13-8-10-17-28(25)35-21(3)32)26-15-11-14-24(29(26)36-22(4)33)18-23-12-7-9-16-27(23)34-20(2)31/h7-17H,6,18-19H2,1-5H3. The summed E-state index contributed by atoms with van der Waals surface area (Å²) in [7, 11) is 0. The molecule has 0 radical (unpaired) electrons. The van der Waals surface area contributed by atoms with Crippen LogP contribution in [0.2, 0.25) is 0 Å². The van der Waals surface area contributed by atoms with Gasteiger partial charge in [0.15, 0.2) is 0 Å². The van der Waals surface area contributed by atoms with Gasteiger partial charge in [-0.2, -0.15) is 0 Å². The first kappa shape index (κ1) is 26.7. The van der Waals surface area contributed by atoms with Crippen LogP contribution < -0.4 is 14.2 Å². The van der Waals surface area contributed by atoms with Crippen molar-refractivity contribution in [3.8, 4) is 17.2 Å². The van der Waals surface area contributed by atoms with Crippen LogP contribution in [0.1, 0.15) is 63.3 Å². The molecule has 0 amide bonds. The molecule has 0 N–H and O–H groups in total. The Morgan fingerprint density at radius 1 is 0.667 bits per heavy atom. The lowest BCUT2D eigenvalue weighted by Crippen LogP contribution is -2.26. The molecule has 6 heteroatoms. The van der Waals surface area contributed by atoms with E-state index in [4.69, 9.17) is 14.2 Å². The zero-order chi connectivity index (χ0) is 26.3. The third kappa shape index (κ3) is 6.60. The quantitative estimate of drug-likeness (QED) is 0.273. The van der Waals surface area contributed by atoms with Gasteiger partial charge in [0, 0.05) is 38.2 Å². The molecule has 3 aromatic carbocycles. The summed E-state index contributed by atoms with van der Waals surface area (Å²) >= 11 is 0. The molecule has 3 aromatic rings. The van der Waals surface area contributed by atoms with E-state index in [1.807, 2.05) is 48.5 Å². The minimum absolute atomic E-state index is 0.380. The fourth-order valence-corrected chi connectivity index (χ4v) is 4.31. The molecule has 188 valence electrons. The molecule has 1 unspecified atom stereocenters. The molecule has 0 saturated carbocycles. The summed E-state index contributed by atoms with van der Waals surface area (Å²) in [4.78, 5) is 35.4. The first-order valence-electron chi connectivity index (χ1n) is 12.0. The normalized spacial score (nSPS) is 12.4. The zero-order valence-electron chi connectivity index (χ0n) is 21.4. The lowest BCUT2D eigenvalue weighted by atomic mass is 9.74. The predicted octanol–water partition coefficient (Wildman–Crippen LogP) is 5.96. The van der Waals surface area contributed by atoms with Crippen molar-refractivity contribution in [2.45, 2.75) is 59.3 Å². The minimum Gasteiger partial charge on any atom is -0.426 e. The molecule has 0 saturated heterocycles. The molecule has 0 aliphatic heterocycles. The molecule has 0 aromatic heterocycles. The summed E-state index contributed by atoms with van der Waals surface area (Å²) in [6.07, 6.45) is 1.71. The molecule has 1 atom stereocenters. The van der Waals surface area contributed by atoms with Crippen molar-refractivity contribution in [3.63, 3.8) is 0 Å². The van der Waals surface area contributed by atoms with E-state index < -0.39 is 17.4 Å². The van der Waals surface area contributed by atoms with Gasteiger partial charge in [-0.3, -0.25) is 14.4 Å². The fourth-order valence-electron chi connectivity index (χ4n) is 4.31. The maximum absolute atomic E-state index is 12.2. The lowest BCUT2D eigenvalue weighted by Gasteiger charge is -2.32. The number of rotatable bonds is 9. The van der Waals surface area contributed by atoms with E-state index in [0.29, 0.717) is 30.1 Å². The molecule has 6 nitrogen and oxygen atoms in total. The second-order valence-corrected chi connectivity index (χ2v) is 9.06. The first-order valence-corrected chi connectivity index (χ1v) is 12.0. The monoisotopic (exact) mass is 488 g/mol. The fraction of sp³-hybridized carbons (Fsp3) is 0.300. The van der Waals surface area contributed by atoms with E-state index >= 15 is 0 Å². The summed E-state index contributed by atoms with van der Waals surface area (Å²) in [6, 6.07) is 20.6. The van der Waals surface area contributed by atoms with Crippen LogP contribution in [0.3, 0.4) is 0 Å². The van der Waals surface area contributed by atoms with Crippen molar-refractivity contribution in [1.29, 1.82) is 0 Å². The Kier molecular flexibility index (Phi) is 8.64. The van der Waals surface area contributed by atoms with E-state index in [-0.39, 0.29) is 5.97 Å². The summed E-state index contributed by atoms with van der Waals surface area (Å²) in [6.45, 7) is 8.31. The highest BCUT2D eigenvalue weighted by molar-refractivity contribution is 5.72. The van der Waals surface area contributed by atoms with Gasteiger partial charge < -0.3 is 14.2 Å². The van der Waals surface area contributed by atoms with Crippen molar-refractivity contribution in [3.05, 3.63) is 89.0 Å². The number of benzene rings is 3. The van der Waals surface area contributed by atoms with Crippen LogP contribution in [0.25, 0.3) is 0 Å². The SMILES string of the molecule is CCC(C)(Cc1ccccc1OC(C)=O)c1cccc(Cc2ccccc2OC(C)=O)c1OC(C)=O. The largest absolute Gasteiger partial charge is 0.426 e. The number of esters is 3. The van der Waals surface area contributed by atoms with Crippen LogP contribution in [0, 0.1) is 0 Å². The number of carbonyl (C=O) groups excluding carboxylic acids is 3. The van der Waals surface area contributed by atoms with Crippen molar-refractivity contribution in [2.75, 3.05) is 0 Å². The van der Waals surface area contributed by atoms with Gasteiger partial charge in [-0.15, -0.1) is 0 Å². The van der Waals surface area contributed by atoms with Crippen LogP contribution in [0.5, 0.6) is 17.2 Å². The average molecular weight is 489 g/mol. The highest BCUT2D eigenvalue weighted by Crippen LogP contribution is 2.42. The number of para-hydroxylation sites is 3. The van der Waals surface area contributed by atoms with Gasteiger partial charge in [0.05, 0.1) is 0 Å². The Bertz CT molecular complexity index is 1260. The Hall–Kier alpha value is -3.93. The zero-order valence-corrected chi connectivity index (χ0v) is 21.4. The summed E-state index contributed by atoms with van der Waals surface area (Å²) < 4.78 is 16.7. The number of hydrogen-bond acceptors (Lipinski definition) is 6. The Balaban J connectivity index is 2.09. The van der Waals surface area contributed by atoms with Crippen molar-refractivity contribution >= 4 is 17.9 Å². The van der Waals surface area contributed by atoms with E-state index in [1.54, 1.807) is 18.2 Å². The van der Waals surface area contributed by atoms with Crippen LogP contribution in [0.15, 0.2) is 66.7 Å². The number of hydrogen-bond donors (Lipinski definition) is 0. The van der Waals surface area contributed by atoms with Crippen LogP contribution in [0.4, 0.5) is 0 Å². The van der Waals surface area contributed by atoms with Crippen molar-refractivity contribution in [1.82, 2.24) is 0 Å². The van der Waals surface area contributed by atoms with Gasteiger partial charge in [-0.05, 0) is 41.7 Å². The van der Waals surface area contributed by atoms with Crippen molar-refractivity contribution in [2.24, 2.45) is 0 Å². The second-order valence-electron chi connectivity index (χ2n) is 9.06. The molecule has 36 heavy (non-hydrogen) atoms. The second kappa shape index (κ2) is 11.7. The van der Waals surface area contributed by atoms with Gasteiger partial charge in [0.1, 0.15) is 17.2 Å². The van der Waals surface area contributed by atoms with Gasteiger partial charge in [0.2, 0.25) is 0 Å². The molecular weight excluding hydrogens is 456 g/mol. The molecular formula is C30H32O6. The Morgan fingerprint density at radius 3 is 1.72 bits per heavy atom. The van der Waals surface area contributed by atoms with Crippen LogP contribution >= 0.6 is 0 Å². The third-order valence-corrected chi connectivity index (χ3v) is 6.19. The topological polar surface area (TPSA) is 78.9 Å². The average Bonchev–Trinajstić information content (AvgIpc) is 2.81. The van der Waals surface area contributed by atoms with Gasteiger partial charge in [0.25, 0.3) is 0 Å². The smallest absolute Gasteiger partial charge is 0.308 e. The van der Waals surface area contributed by atoms with E-state index in [2.05, 4.69) is 13.8 Å². The third-order valence-electron chi connectivity index (χ3n) is 6.19. The van der Waals surface area contributed by atoms with Crippen LogP contribution in [-0.4, -0.2) is 17.9 Å². The number of ether oxygens (including phenoxy) is 3. The highest BCUT2D eigenvalue weighted by Gasteiger charge is 2.31. The summed E-state index contributed by atoms with van der Waals surface area (Å²) in [5, 5.41) is 0. The van der Waals surface area contributed by atoms with E-state index in [9.17, 15) is 14.4 Å². The predicted molar refractivity (Wildman–Crippen MR) is 137 cm³/mol. The maximum Gasteiger partial charge on any atom is 0.308 e. The Morgan fingerprint density at radius 2 is 1.17 bits per heavy atom. The molecule has 0 aliphatic carbocycles. The number of carbonyl (C=O) groups is 3. The molecule has 3 rings (SSSR count). The summed E-state index contributed by atoms with van der Waals surface area (Å²) in [5.74, 6) is 0.284. The van der Waals surface area contributed by atoms with E-state index in [0.717, 1.165) is 28.7 Å². The first-order chi connectivity index (χ1) is 17.1. The molecule has 0 spiro atoms. The molecule has 0 fully saturated rings. The summed E-state index contributed by atoms with van der Waals surface area (Å²) in [5.41, 5.74) is 2.93. The van der Waals surface area contributed by atoms with Crippen LogP contribution in [-0.2, 0) is 32.6 Å². The molecule has 0 aliphatic rings. The minimum atomic E-state index is -0.438. The van der Waals surface area contributed by atoms with Gasteiger partial charge in [-0.1, -0.05) is 68.4 Å². The maximum atomic E-state index is 12.2. The van der Waals surface area contributed by atoms with Crippen molar-refractivity contribution < 1.29 is 28.6 Å².